The van der Waals surface area contributed by atoms with Crippen molar-refractivity contribution in [1.82, 2.24) is 10.2 Å². The Morgan fingerprint density at radius 3 is 2.63 bits per heavy atom. The molecule has 10 heteroatoms. The van der Waals surface area contributed by atoms with Gasteiger partial charge < -0.3 is 20.1 Å². The topological polar surface area (TPSA) is 102 Å². The predicted octanol–water partition coefficient (Wildman–Crippen LogP) is 3.79. The van der Waals surface area contributed by atoms with Crippen LogP contribution in [0.25, 0.3) is 0 Å². The highest BCUT2D eigenvalue weighted by Crippen LogP contribution is 2.32. The van der Waals surface area contributed by atoms with Crippen LogP contribution in [0.2, 0.25) is 5.02 Å². The van der Waals surface area contributed by atoms with Gasteiger partial charge in [0.1, 0.15) is 18.2 Å². The van der Waals surface area contributed by atoms with E-state index in [0.29, 0.717) is 52.5 Å². The molecule has 1 aliphatic heterocycles. The Hall–Kier alpha value is -3.17. The Morgan fingerprint density at radius 2 is 1.80 bits per heavy atom. The smallest absolute Gasteiger partial charge is 0.286 e. The third-order valence-electron chi connectivity index (χ3n) is 4.14. The maximum Gasteiger partial charge on any atom is 0.286 e. The zero-order valence-corrected chi connectivity index (χ0v) is 17.3. The highest BCUT2D eigenvalue weighted by molar-refractivity contribution is 7.13. The Balaban J connectivity index is 1.29. The first kappa shape index (κ1) is 20.1. The molecule has 0 aliphatic carbocycles. The molecule has 8 nitrogen and oxygen atoms in total. The summed E-state index contributed by atoms with van der Waals surface area (Å²) < 4.78 is 11.0. The van der Waals surface area contributed by atoms with E-state index in [1.54, 1.807) is 42.5 Å². The van der Waals surface area contributed by atoms with Crippen LogP contribution in [0.5, 0.6) is 11.5 Å². The number of carbonyl (C=O) groups excluding carboxylic acids is 2. The number of rotatable bonds is 6. The molecule has 0 radical (unpaired) electrons. The van der Waals surface area contributed by atoms with Gasteiger partial charge in [0, 0.05) is 35.3 Å². The summed E-state index contributed by atoms with van der Waals surface area (Å²) in [6, 6.07) is 12.1. The summed E-state index contributed by atoms with van der Waals surface area (Å²) in [5.74, 6) is 0.726. The number of aromatic nitrogens is 2. The average molecular weight is 445 g/mol. The molecule has 0 unspecified atom stereocenters. The van der Waals surface area contributed by atoms with Gasteiger partial charge in [-0.3, -0.25) is 9.59 Å². The predicted molar refractivity (Wildman–Crippen MR) is 114 cm³/mol. The van der Waals surface area contributed by atoms with E-state index >= 15 is 0 Å². The summed E-state index contributed by atoms with van der Waals surface area (Å²) in [5.41, 5.74) is 1.20. The minimum atomic E-state index is -0.373. The van der Waals surface area contributed by atoms with E-state index in [2.05, 4.69) is 20.8 Å². The average Bonchev–Trinajstić information content (AvgIpc) is 3.21. The highest BCUT2D eigenvalue weighted by atomic mass is 35.5. The number of hydrogen-bond donors (Lipinski definition) is 2. The van der Waals surface area contributed by atoms with Crippen LogP contribution in [-0.2, 0) is 11.2 Å². The number of hydrogen-bond acceptors (Lipinski definition) is 7. The molecule has 2 amide bonds. The third kappa shape index (κ3) is 5.05. The van der Waals surface area contributed by atoms with Crippen LogP contribution in [0.3, 0.4) is 0 Å². The maximum absolute atomic E-state index is 12.3. The van der Waals surface area contributed by atoms with Crippen LogP contribution in [0.15, 0.2) is 42.5 Å². The zero-order valence-electron chi connectivity index (χ0n) is 15.7. The molecule has 3 aromatic rings. The van der Waals surface area contributed by atoms with E-state index in [-0.39, 0.29) is 23.2 Å². The largest absolute Gasteiger partial charge is 0.486 e. The van der Waals surface area contributed by atoms with Crippen molar-refractivity contribution in [3.05, 3.63) is 57.5 Å². The van der Waals surface area contributed by atoms with E-state index in [9.17, 15) is 9.59 Å². The number of nitrogens with one attached hydrogen (secondary N) is 2. The fraction of sp³-hybridized carbons (Fsp3) is 0.200. The second-order valence-electron chi connectivity index (χ2n) is 6.37. The quantitative estimate of drug-likeness (QED) is 0.599. The number of halogens is 1. The molecule has 0 bridgehead atoms. The highest BCUT2D eigenvalue weighted by Gasteiger charge is 2.15. The molecule has 154 valence electrons. The summed E-state index contributed by atoms with van der Waals surface area (Å²) in [7, 11) is 0. The van der Waals surface area contributed by atoms with Crippen molar-refractivity contribution in [2.24, 2.45) is 0 Å². The zero-order chi connectivity index (χ0) is 20.9. The second kappa shape index (κ2) is 9.10. The van der Waals surface area contributed by atoms with Crippen LogP contribution < -0.4 is 20.1 Å². The van der Waals surface area contributed by atoms with Crippen molar-refractivity contribution in [3.8, 4) is 11.5 Å². The summed E-state index contributed by atoms with van der Waals surface area (Å²) >= 11 is 7.06. The Morgan fingerprint density at radius 1 is 1.00 bits per heavy atom. The minimum Gasteiger partial charge on any atom is -0.486 e. The second-order valence-corrected chi connectivity index (χ2v) is 7.87. The standard InChI is InChI=1S/C20H17ClN4O4S/c21-12-2-1-3-13(10-12)23-19(27)20-25-24-18(30-20)7-6-17(26)22-14-4-5-15-16(11-14)29-9-8-28-15/h1-5,10-11H,6-9H2,(H,22,26)(H,23,27). The van der Waals surface area contributed by atoms with E-state index in [1.165, 1.54) is 0 Å². The van der Waals surface area contributed by atoms with E-state index in [4.69, 9.17) is 21.1 Å². The van der Waals surface area contributed by atoms with Gasteiger partial charge in [-0.1, -0.05) is 29.0 Å². The number of anilines is 2. The number of fused-ring (bicyclic) bond motifs is 1. The molecule has 30 heavy (non-hydrogen) atoms. The monoisotopic (exact) mass is 444 g/mol. The van der Waals surface area contributed by atoms with Crippen molar-refractivity contribution in [2.75, 3.05) is 23.8 Å². The number of nitrogens with zero attached hydrogens (tertiary/aromatic N) is 2. The maximum atomic E-state index is 12.3. The molecule has 2 heterocycles. The molecular formula is C20H17ClN4O4S. The van der Waals surface area contributed by atoms with Crippen molar-refractivity contribution in [1.29, 1.82) is 0 Å². The lowest BCUT2D eigenvalue weighted by Gasteiger charge is -2.18. The fourth-order valence-corrected chi connectivity index (χ4v) is 3.69. The number of aryl methyl sites for hydroxylation is 1. The van der Waals surface area contributed by atoms with Gasteiger partial charge in [-0.05, 0) is 30.3 Å². The third-order valence-corrected chi connectivity index (χ3v) is 5.35. The van der Waals surface area contributed by atoms with Crippen LogP contribution in [0, 0.1) is 0 Å². The summed E-state index contributed by atoms with van der Waals surface area (Å²) in [4.78, 5) is 24.5. The van der Waals surface area contributed by atoms with Crippen LogP contribution in [-0.4, -0.2) is 35.2 Å². The molecular weight excluding hydrogens is 428 g/mol. The number of ether oxygens (including phenoxy) is 2. The normalized spacial score (nSPS) is 12.3. The summed E-state index contributed by atoms with van der Waals surface area (Å²) in [5, 5.41) is 14.8. The van der Waals surface area contributed by atoms with Gasteiger partial charge >= 0.3 is 0 Å². The Bertz CT molecular complexity index is 1090. The molecule has 0 atom stereocenters. The number of benzene rings is 2. The first-order valence-electron chi connectivity index (χ1n) is 9.15. The van der Waals surface area contributed by atoms with Crippen molar-refractivity contribution < 1.29 is 19.1 Å². The van der Waals surface area contributed by atoms with Crippen LogP contribution >= 0.6 is 22.9 Å². The van der Waals surface area contributed by atoms with E-state index < -0.39 is 0 Å². The van der Waals surface area contributed by atoms with E-state index in [0.717, 1.165) is 11.3 Å². The number of carbonyl (C=O) groups is 2. The minimum absolute atomic E-state index is 0.174. The first-order chi connectivity index (χ1) is 14.6. The Labute approximate surface area is 181 Å². The Kier molecular flexibility index (Phi) is 6.10. The molecule has 0 fully saturated rings. The first-order valence-corrected chi connectivity index (χ1v) is 10.3. The lowest BCUT2D eigenvalue weighted by molar-refractivity contribution is -0.116. The summed E-state index contributed by atoms with van der Waals surface area (Å²) in [6.45, 7) is 0.994. The molecule has 0 saturated carbocycles. The van der Waals surface area contributed by atoms with Gasteiger partial charge in [0.15, 0.2) is 11.5 Å². The SMILES string of the molecule is O=C(CCc1nnc(C(=O)Nc2cccc(Cl)c2)s1)Nc1ccc2c(c1)OCCO2. The van der Waals surface area contributed by atoms with Crippen molar-refractivity contribution in [2.45, 2.75) is 12.8 Å². The lowest BCUT2D eigenvalue weighted by Crippen LogP contribution is -2.16. The molecule has 2 aromatic carbocycles. The van der Waals surface area contributed by atoms with Gasteiger partial charge in [-0.15, -0.1) is 10.2 Å². The summed E-state index contributed by atoms with van der Waals surface area (Å²) in [6.07, 6.45) is 0.581. The fourth-order valence-electron chi connectivity index (χ4n) is 2.76. The van der Waals surface area contributed by atoms with Gasteiger partial charge in [0.05, 0.1) is 0 Å². The number of amides is 2. The van der Waals surface area contributed by atoms with Gasteiger partial charge in [-0.2, -0.15) is 0 Å². The molecule has 1 aliphatic rings. The van der Waals surface area contributed by atoms with Crippen LogP contribution in [0.1, 0.15) is 21.2 Å². The molecule has 0 saturated heterocycles. The molecule has 2 N–H and O–H groups in total. The van der Waals surface area contributed by atoms with E-state index in [1.807, 2.05) is 0 Å². The molecule has 1 aromatic heterocycles. The van der Waals surface area contributed by atoms with Gasteiger partial charge in [-0.25, -0.2) is 0 Å². The van der Waals surface area contributed by atoms with Crippen LogP contribution in [0.4, 0.5) is 11.4 Å². The van der Waals surface area contributed by atoms with Gasteiger partial charge in [0.2, 0.25) is 10.9 Å². The van der Waals surface area contributed by atoms with Crippen molar-refractivity contribution in [3.63, 3.8) is 0 Å². The van der Waals surface area contributed by atoms with Gasteiger partial charge in [0.25, 0.3) is 5.91 Å². The van der Waals surface area contributed by atoms with Crippen molar-refractivity contribution >= 4 is 46.1 Å². The lowest BCUT2D eigenvalue weighted by atomic mass is 10.2. The molecule has 4 rings (SSSR count). The molecule has 0 spiro atoms.